The third kappa shape index (κ3) is 2.43. The zero-order chi connectivity index (χ0) is 16.7. The zero-order valence-corrected chi connectivity index (χ0v) is 13.0. The van der Waals surface area contributed by atoms with Crippen molar-refractivity contribution in [3.63, 3.8) is 0 Å². The SMILES string of the molecule is O=C1CCN(c2cccc3c2cnn3[C@H]2CCNC[C@H]2F)C(=O)N1. The van der Waals surface area contributed by atoms with Crippen molar-refractivity contribution in [3.05, 3.63) is 24.4 Å². The quantitative estimate of drug-likeness (QED) is 0.871. The van der Waals surface area contributed by atoms with Crippen molar-refractivity contribution >= 4 is 28.5 Å². The Morgan fingerprint density at radius 3 is 2.96 bits per heavy atom. The van der Waals surface area contributed by atoms with Crippen molar-refractivity contribution < 1.29 is 14.0 Å². The topological polar surface area (TPSA) is 79.3 Å². The summed E-state index contributed by atoms with van der Waals surface area (Å²) in [6.07, 6.45) is 1.60. The van der Waals surface area contributed by atoms with Gasteiger partial charge < -0.3 is 5.32 Å². The number of hydrogen-bond acceptors (Lipinski definition) is 4. The highest BCUT2D eigenvalue weighted by Gasteiger charge is 2.30. The number of rotatable bonds is 2. The Labute approximate surface area is 137 Å². The molecule has 8 heteroatoms. The van der Waals surface area contributed by atoms with Gasteiger partial charge in [-0.1, -0.05) is 6.07 Å². The number of anilines is 1. The van der Waals surface area contributed by atoms with Gasteiger partial charge in [-0.2, -0.15) is 5.10 Å². The van der Waals surface area contributed by atoms with Crippen LogP contribution in [-0.4, -0.2) is 47.5 Å². The van der Waals surface area contributed by atoms with Gasteiger partial charge in [0.05, 0.1) is 23.4 Å². The molecule has 0 saturated carbocycles. The number of nitrogens with zero attached hydrogens (tertiary/aromatic N) is 3. The summed E-state index contributed by atoms with van der Waals surface area (Å²) in [6.45, 7) is 1.40. The van der Waals surface area contributed by atoms with Crippen molar-refractivity contribution in [3.8, 4) is 0 Å². The molecule has 7 nitrogen and oxygen atoms in total. The van der Waals surface area contributed by atoms with Crippen LogP contribution >= 0.6 is 0 Å². The number of nitrogens with one attached hydrogen (secondary N) is 2. The van der Waals surface area contributed by atoms with Crippen LogP contribution in [0.4, 0.5) is 14.9 Å². The minimum atomic E-state index is -0.999. The fourth-order valence-electron chi connectivity index (χ4n) is 3.43. The number of benzene rings is 1. The summed E-state index contributed by atoms with van der Waals surface area (Å²) in [4.78, 5) is 25.0. The lowest BCUT2D eigenvalue weighted by Gasteiger charge is -2.28. The predicted octanol–water partition coefficient (Wildman–Crippen LogP) is 1.36. The second-order valence-electron chi connectivity index (χ2n) is 6.13. The first kappa shape index (κ1) is 15.1. The van der Waals surface area contributed by atoms with E-state index in [4.69, 9.17) is 0 Å². The van der Waals surface area contributed by atoms with Crippen LogP contribution < -0.4 is 15.5 Å². The summed E-state index contributed by atoms with van der Waals surface area (Å²) < 4.78 is 16.0. The molecule has 0 bridgehead atoms. The van der Waals surface area contributed by atoms with Crippen molar-refractivity contribution in [2.24, 2.45) is 0 Å². The second-order valence-corrected chi connectivity index (χ2v) is 6.13. The molecular weight excluding hydrogens is 313 g/mol. The van der Waals surface area contributed by atoms with E-state index >= 15 is 0 Å². The molecule has 0 radical (unpaired) electrons. The van der Waals surface area contributed by atoms with E-state index in [2.05, 4.69) is 15.7 Å². The number of carbonyl (C=O) groups excluding carboxylic acids is 2. The number of aromatic nitrogens is 2. The van der Waals surface area contributed by atoms with Gasteiger partial charge in [-0.3, -0.25) is 19.7 Å². The maximum Gasteiger partial charge on any atom is 0.328 e. The van der Waals surface area contributed by atoms with Crippen LogP contribution in [-0.2, 0) is 4.79 Å². The van der Waals surface area contributed by atoms with E-state index < -0.39 is 12.2 Å². The Hall–Kier alpha value is -2.48. The summed E-state index contributed by atoms with van der Waals surface area (Å²) in [5.74, 6) is -0.269. The van der Waals surface area contributed by atoms with Crippen LogP contribution in [0.25, 0.3) is 10.9 Å². The van der Waals surface area contributed by atoms with E-state index in [1.165, 1.54) is 4.90 Å². The van der Waals surface area contributed by atoms with Gasteiger partial charge in [0.25, 0.3) is 0 Å². The molecule has 3 heterocycles. The number of halogens is 1. The summed E-state index contributed by atoms with van der Waals surface area (Å²) >= 11 is 0. The average Bonchev–Trinajstić information content (AvgIpc) is 2.99. The van der Waals surface area contributed by atoms with Crippen molar-refractivity contribution in [2.45, 2.75) is 25.1 Å². The molecule has 2 aliphatic heterocycles. The molecule has 0 unspecified atom stereocenters. The van der Waals surface area contributed by atoms with Crippen LogP contribution in [0, 0.1) is 0 Å². The molecule has 126 valence electrons. The molecule has 2 saturated heterocycles. The van der Waals surface area contributed by atoms with Crippen molar-refractivity contribution in [1.29, 1.82) is 0 Å². The fourth-order valence-corrected chi connectivity index (χ4v) is 3.43. The van der Waals surface area contributed by atoms with Crippen molar-refractivity contribution in [2.75, 3.05) is 24.5 Å². The van der Waals surface area contributed by atoms with Crippen LogP contribution in [0.1, 0.15) is 18.9 Å². The molecule has 2 aromatic rings. The Morgan fingerprint density at radius 1 is 1.29 bits per heavy atom. The third-order valence-corrected chi connectivity index (χ3v) is 4.65. The summed E-state index contributed by atoms with van der Waals surface area (Å²) in [5.41, 5.74) is 1.49. The number of urea groups is 1. The van der Waals surface area contributed by atoms with Gasteiger partial charge in [0.1, 0.15) is 6.17 Å². The first-order valence-corrected chi connectivity index (χ1v) is 8.07. The van der Waals surface area contributed by atoms with E-state index in [1.54, 1.807) is 10.9 Å². The van der Waals surface area contributed by atoms with E-state index in [0.29, 0.717) is 25.2 Å². The normalized spacial score (nSPS) is 25.1. The Morgan fingerprint density at radius 2 is 2.17 bits per heavy atom. The highest BCUT2D eigenvalue weighted by atomic mass is 19.1. The predicted molar refractivity (Wildman–Crippen MR) is 86.7 cm³/mol. The van der Waals surface area contributed by atoms with Crippen LogP contribution in [0.5, 0.6) is 0 Å². The van der Waals surface area contributed by atoms with Crippen LogP contribution in [0.2, 0.25) is 0 Å². The minimum Gasteiger partial charge on any atom is -0.314 e. The first-order valence-electron chi connectivity index (χ1n) is 8.07. The molecule has 1 aromatic carbocycles. The molecule has 1 aromatic heterocycles. The number of hydrogen-bond donors (Lipinski definition) is 2. The summed E-state index contributed by atoms with van der Waals surface area (Å²) in [5, 5.41) is 10.5. The van der Waals surface area contributed by atoms with E-state index in [9.17, 15) is 14.0 Å². The second kappa shape index (κ2) is 5.86. The average molecular weight is 331 g/mol. The standard InChI is InChI=1S/C16H18FN5O2/c17-11-9-18-6-4-14(11)22-13-3-1-2-12(10(13)8-19-22)21-7-5-15(23)20-16(21)24/h1-3,8,11,14,18H,4-7,9H2,(H,20,23,24)/t11-,14+/m1/s1. The minimum absolute atomic E-state index is 0.261. The zero-order valence-electron chi connectivity index (χ0n) is 13.0. The number of imide groups is 1. The van der Waals surface area contributed by atoms with Gasteiger partial charge in [0.15, 0.2) is 0 Å². The molecule has 2 aliphatic rings. The molecule has 4 rings (SSSR count). The largest absolute Gasteiger partial charge is 0.328 e. The molecule has 0 spiro atoms. The maximum atomic E-state index is 14.3. The smallest absolute Gasteiger partial charge is 0.314 e. The lowest BCUT2D eigenvalue weighted by Crippen LogP contribution is -2.49. The van der Waals surface area contributed by atoms with Gasteiger partial charge >= 0.3 is 6.03 Å². The molecule has 2 fully saturated rings. The van der Waals surface area contributed by atoms with Gasteiger partial charge in [-0.05, 0) is 25.1 Å². The number of carbonyl (C=O) groups is 2. The molecule has 24 heavy (non-hydrogen) atoms. The van der Waals surface area contributed by atoms with E-state index in [1.807, 2.05) is 18.2 Å². The Kier molecular flexibility index (Phi) is 3.68. The Bertz CT molecular complexity index is 805. The van der Waals surface area contributed by atoms with E-state index in [-0.39, 0.29) is 18.4 Å². The fraction of sp³-hybridized carbons (Fsp3) is 0.438. The monoisotopic (exact) mass is 331 g/mol. The van der Waals surface area contributed by atoms with Gasteiger partial charge in [0.2, 0.25) is 5.91 Å². The molecule has 3 amide bonds. The number of piperidine rings is 1. The molecule has 2 atom stereocenters. The highest BCUT2D eigenvalue weighted by Crippen LogP contribution is 2.31. The third-order valence-electron chi connectivity index (χ3n) is 4.65. The first-order chi connectivity index (χ1) is 11.6. The number of fused-ring (bicyclic) bond motifs is 1. The highest BCUT2D eigenvalue weighted by molar-refractivity contribution is 6.09. The van der Waals surface area contributed by atoms with Gasteiger partial charge in [0, 0.05) is 24.9 Å². The number of amides is 3. The number of alkyl halides is 1. The maximum absolute atomic E-state index is 14.3. The molecule has 0 aliphatic carbocycles. The Balaban J connectivity index is 1.74. The lowest BCUT2D eigenvalue weighted by atomic mass is 10.0. The summed E-state index contributed by atoms with van der Waals surface area (Å²) in [7, 11) is 0. The lowest BCUT2D eigenvalue weighted by molar-refractivity contribution is -0.120. The molecular formula is C16H18FN5O2. The van der Waals surface area contributed by atoms with E-state index in [0.717, 1.165) is 17.4 Å². The van der Waals surface area contributed by atoms with Gasteiger partial charge in [-0.25, -0.2) is 9.18 Å². The summed E-state index contributed by atoms with van der Waals surface area (Å²) in [6, 6.07) is 4.79. The van der Waals surface area contributed by atoms with Crippen LogP contribution in [0.15, 0.2) is 24.4 Å². The van der Waals surface area contributed by atoms with Crippen molar-refractivity contribution in [1.82, 2.24) is 20.4 Å². The van der Waals surface area contributed by atoms with Crippen LogP contribution in [0.3, 0.4) is 0 Å². The van der Waals surface area contributed by atoms with Gasteiger partial charge in [-0.15, -0.1) is 0 Å². The molecule has 2 N–H and O–H groups in total.